The summed E-state index contributed by atoms with van der Waals surface area (Å²) < 4.78 is 0. The molecule has 1 unspecified atom stereocenters. The van der Waals surface area contributed by atoms with E-state index in [0.717, 1.165) is 29.8 Å². The zero-order valence-corrected chi connectivity index (χ0v) is 9.33. The minimum absolute atomic E-state index is 0.0230. The van der Waals surface area contributed by atoms with Gasteiger partial charge in [0.05, 0.1) is 11.4 Å². The van der Waals surface area contributed by atoms with E-state index in [0.29, 0.717) is 6.42 Å². The van der Waals surface area contributed by atoms with Crippen LogP contribution in [0, 0.1) is 19.3 Å². The molecule has 0 aliphatic carbocycles. The van der Waals surface area contributed by atoms with E-state index in [1.807, 2.05) is 13.0 Å². The van der Waals surface area contributed by atoms with Crippen LogP contribution in [0.1, 0.15) is 42.8 Å². The van der Waals surface area contributed by atoms with Crippen molar-refractivity contribution in [1.29, 1.82) is 0 Å². The first kappa shape index (κ1) is 11.7. The number of hydrogen-bond acceptors (Lipinski definition) is 3. The molecule has 80 valence electrons. The van der Waals surface area contributed by atoms with E-state index in [1.54, 1.807) is 0 Å². The fraction of sp³-hybridized carbons (Fsp3) is 0.500. The Labute approximate surface area is 91.1 Å². The van der Waals surface area contributed by atoms with E-state index in [2.05, 4.69) is 23.0 Å². The molecule has 0 aliphatic rings. The van der Waals surface area contributed by atoms with E-state index < -0.39 is 0 Å². The first-order valence-corrected chi connectivity index (χ1v) is 5.21. The van der Waals surface area contributed by atoms with E-state index in [-0.39, 0.29) is 6.04 Å². The molecule has 0 radical (unpaired) electrons. The second-order valence-corrected chi connectivity index (χ2v) is 3.59. The second kappa shape index (κ2) is 5.47. The summed E-state index contributed by atoms with van der Waals surface area (Å²) in [5.74, 6) is 2.60. The first-order chi connectivity index (χ1) is 7.19. The largest absolute Gasteiger partial charge is 0.324 e. The van der Waals surface area contributed by atoms with Crippen LogP contribution in [0.5, 0.6) is 0 Å². The van der Waals surface area contributed by atoms with Gasteiger partial charge in [0.25, 0.3) is 0 Å². The number of nitrogens with two attached hydrogens (primary N) is 1. The Morgan fingerprint density at radius 1 is 1.53 bits per heavy atom. The van der Waals surface area contributed by atoms with Gasteiger partial charge in [-0.3, -0.25) is 0 Å². The molecule has 3 nitrogen and oxygen atoms in total. The quantitative estimate of drug-likeness (QED) is 0.759. The number of aryl methyl sites for hydroxylation is 2. The molecule has 0 aliphatic heterocycles. The van der Waals surface area contributed by atoms with Gasteiger partial charge in [-0.05, 0) is 31.4 Å². The third-order valence-electron chi connectivity index (χ3n) is 2.36. The average molecular weight is 203 g/mol. The lowest BCUT2D eigenvalue weighted by atomic mass is 10.0. The van der Waals surface area contributed by atoms with Gasteiger partial charge >= 0.3 is 0 Å². The fourth-order valence-electron chi connectivity index (χ4n) is 1.52. The molecule has 1 atom stereocenters. The van der Waals surface area contributed by atoms with E-state index in [4.69, 9.17) is 12.2 Å². The summed E-state index contributed by atoms with van der Waals surface area (Å²) in [5, 5.41) is 8.17. The Morgan fingerprint density at radius 3 is 2.87 bits per heavy atom. The number of hydrogen-bond donors (Lipinski definition) is 1. The van der Waals surface area contributed by atoms with Crippen molar-refractivity contribution in [3.8, 4) is 12.3 Å². The van der Waals surface area contributed by atoms with E-state index >= 15 is 0 Å². The van der Waals surface area contributed by atoms with Crippen LogP contribution < -0.4 is 5.73 Å². The van der Waals surface area contributed by atoms with Crippen LogP contribution in [0.25, 0.3) is 0 Å². The third-order valence-corrected chi connectivity index (χ3v) is 2.36. The highest BCUT2D eigenvalue weighted by Crippen LogP contribution is 2.19. The van der Waals surface area contributed by atoms with Crippen molar-refractivity contribution >= 4 is 0 Å². The predicted octanol–water partition coefficient (Wildman–Crippen LogP) is 1.76. The van der Waals surface area contributed by atoms with Crippen LogP contribution in [-0.2, 0) is 6.42 Å². The molecule has 0 spiro atoms. The molecule has 1 heterocycles. The fourth-order valence-corrected chi connectivity index (χ4v) is 1.52. The maximum Gasteiger partial charge on any atom is 0.0676 e. The van der Waals surface area contributed by atoms with Gasteiger partial charge in [0.1, 0.15) is 0 Å². The van der Waals surface area contributed by atoms with Gasteiger partial charge < -0.3 is 5.73 Å². The molecule has 15 heavy (non-hydrogen) atoms. The molecule has 0 bridgehead atoms. The van der Waals surface area contributed by atoms with Crippen molar-refractivity contribution in [3.63, 3.8) is 0 Å². The highest BCUT2D eigenvalue weighted by molar-refractivity contribution is 5.24. The summed E-state index contributed by atoms with van der Waals surface area (Å²) >= 11 is 0. The van der Waals surface area contributed by atoms with Gasteiger partial charge in [-0.15, -0.1) is 12.3 Å². The zero-order chi connectivity index (χ0) is 11.3. The monoisotopic (exact) mass is 203 g/mol. The molecule has 0 saturated carbocycles. The second-order valence-electron chi connectivity index (χ2n) is 3.59. The molecule has 2 N–H and O–H groups in total. The maximum atomic E-state index is 6.06. The summed E-state index contributed by atoms with van der Waals surface area (Å²) in [6.45, 7) is 3.97. The smallest absolute Gasteiger partial charge is 0.0676 e. The molecular weight excluding hydrogens is 186 g/mol. The Balaban J connectivity index is 2.90. The SMILES string of the molecule is C#CCCC(N)c1cc(C)nnc1CC. The number of nitrogens with zero attached hydrogens (tertiary/aromatic N) is 2. The van der Waals surface area contributed by atoms with E-state index in [1.165, 1.54) is 0 Å². The highest BCUT2D eigenvalue weighted by atomic mass is 15.1. The van der Waals surface area contributed by atoms with Crippen LogP contribution >= 0.6 is 0 Å². The maximum absolute atomic E-state index is 6.06. The molecule has 0 aromatic carbocycles. The molecule has 0 fully saturated rings. The summed E-state index contributed by atoms with van der Waals surface area (Å²) in [6, 6.07) is 1.98. The molecule has 0 amide bonds. The minimum atomic E-state index is -0.0230. The zero-order valence-electron chi connectivity index (χ0n) is 9.33. The lowest BCUT2D eigenvalue weighted by Gasteiger charge is -2.13. The van der Waals surface area contributed by atoms with Crippen molar-refractivity contribution in [2.75, 3.05) is 0 Å². The van der Waals surface area contributed by atoms with Crippen LogP contribution in [-0.4, -0.2) is 10.2 Å². The third kappa shape index (κ3) is 3.03. The van der Waals surface area contributed by atoms with Crippen molar-refractivity contribution in [2.24, 2.45) is 5.73 Å². The van der Waals surface area contributed by atoms with Gasteiger partial charge in [0, 0.05) is 12.5 Å². The summed E-state index contributed by atoms with van der Waals surface area (Å²) in [5.41, 5.74) is 9.02. The van der Waals surface area contributed by atoms with Crippen LogP contribution in [0.2, 0.25) is 0 Å². The lowest BCUT2D eigenvalue weighted by Crippen LogP contribution is -2.14. The number of terminal acetylenes is 1. The van der Waals surface area contributed by atoms with Crippen molar-refractivity contribution in [2.45, 2.75) is 39.2 Å². The van der Waals surface area contributed by atoms with Crippen molar-refractivity contribution < 1.29 is 0 Å². The van der Waals surface area contributed by atoms with Crippen molar-refractivity contribution in [3.05, 3.63) is 23.0 Å². The summed E-state index contributed by atoms with van der Waals surface area (Å²) in [4.78, 5) is 0. The van der Waals surface area contributed by atoms with Crippen molar-refractivity contribution in [1.82, 2.24) is 10.2 Å². The van der Waals surface area contributed by atoms with Gasteiger partial charge in [0.15, 0.2) is 0 Å². The average Bonchev–Trinajstić information content (AvgIpc) is 2.25. The lowest BCUT2D eigenvalue weighted by molar-refractivity contribution is 0.647. The van der Waals surface area contributed by atoms with Gasteiger partial charge in [-0.25, -0.2) is 0 Å². The summed E-state index contributed by atoms with van der Waals surface area (Å²) in [7, 11) is 0. The number of rotatable bonds is 4. The van der Waals surface area contributed by atoms with E-state index in [9.17, 15) is 0 Å². The Bertz CT molecular complexity index is 366. The molecule has 1 aromatic heterocycles. The Morgan fingerprint density at radius 2 is 2.27 bits per heavy atom. The minimum Gasteiger partial charge on any atom is -0.324 e. The molecular formula is C12H17N3. The Kier molecular flexibility index (Phi) is 4.26. The molecule has 1 aromatic rings. The van der Waals surface area contributed by atoms with Gasteiger partial charge in [-0.2, -0.15) is 10.2 Å². The normalized spacial score (nSPS) is 12.1. The Hall–Kier alpha value is -1.40. The first-order valence-electron chi connectivity index (χ1n) is 5.21. The van der Waals surface area contributed by atoms with Gasteiger partial charge in [0.2, 0.25) is 0 Å². The highest BCUT2D eigenvalue weighted by Gasteiger charge is 2.11. The topological polar surface area (TPSA) is 51.8 Å². The number of aromatic nitrogens is 2. The summed E-state index contributed by atoms with van der Waals surface area (Å²) in [6.07, 6.45) is 7.58. The predicted molar refractivity (Wildman–Crippen MR) is 61.1 cm³/mol. The van der Waals surface area contributed by atoms with Crippen LogP contribution in [0.3, 0.4) is 0 Å². The molecule has 3 heteroatoms. The van der Waals surface area contributed by atoms with Crippen LogP contribution in [0.4, 0.5) is 0 Å². The molecule has 0 saturated heterocycles. The van der Waals surface area contributed by atoms with Gasteiger partial charge in [-0.1, -0.05) is 6.92 Å². The molecule has 1 rings (SSSR count). The standard InChI is InChI=1S/C12H17N3/c1-4-6-7-11(13)10-8-9(3)14-15-12(10)5-2/h1,8,11H,5-7,13H2,2-3H3. The van der Waals surface area contributed by atoms with Crippen LogP contribution in [0.15, 0.2) is 6.07 Å².